The Morgan fingerprint density at radius 1 is 1.19 bits per heavy atom. The first-order valence-electron chi connectivity index (χ1n) is 9.52. The maximum atomic E-state index is 13.1. The molecule has 6 heteroatoms. The van der Waals surface area contributed by atoms with Gasteiger partial charge in [-0.3, -0.25) is 14.5 Å². The molecular formula is C20H27N3O3. The summed E-state index contributed by atoms with van der Waals surface area (Å²) in [6.07, 6.45) is 4.43. The van der Waals surface area contributed by atoms with E-state index in [1.54, 1.807) is 0 Å². The number of piperidine rings is 1. The van der Waals surface area contributed by atoms with E-state index in [1.165, 1.54) is 0 Å². The number of carbonyl (C=O) groups is 3. The van der Waals surface area contributed by atoms with E-state index in [0.717, 1.165) is 36.1 Å². The van der Waals surface area contributed by atoms with Crippen LogP contribution in [0.15, 0.2) is 30.3 Å². The molecule has 2 aliphatic rings. The van der Waals surface area contributed by atoms with Crippen molar-refractivity contribution in [1.29, 1.82) is 0 Å². The molecule has 2 fully saturated rings. The van der Waals surface area contributed by atoms with Gasteiger partial charge in [0.25, 0.3) is 5.91 Å². The van der Waals surface area contributed by atoms with Crippen LogP contribution in [0.2, 0.25) is 0 Å². The van der Waals surface area contributed by atoms with E-state index in [0.29, 0.717) is 13.0 Å². The lowest BCUT2D eigenvalue weighted by Crippen LogP contribution is -2.49. The number of amides is 4. The van der Waals surface area contributed by atoms with E-state index in [-0.39, 0.29) is 24.4 Å². The lowest BCUT2D eigenvalue weighted by Gasteiger charge is -2.36. The summed E-state index contributed by atoms with van der Waals surface area (Å²) in [5.74, 6) is -0.477. The number of urea groups is 1. The molecule has 0 radical (unpaired) electrons. The number of imide groups is 1. The van der Waals surface area contributed by atoms with Crippen molar-refractivity contribution in [2.45, 2.75) is 57.5 Å². The molecule has 4 amide bonds. The van der Waals surface area contributed by atoms with Crippen LogP contribution in [0.25, 0.3) is 0 Å². The second-order valence-electron chi connectivity index (χ2n) is 7.09. The topological polar surface area (TPSA) is 69.7 Å². The smallest absolute Gasteiger partial charge is 0.325 e. The molecule has 1 aromatic rings. The zero-order valence-corrected chi connectivity index (χ0v) is 15.5. The molecule has 0 aromatic heterocycles. The standard InChI is InChI=1S/C20H27N3O3/c1-3-16-12-8-9-13-22(16)17(24)14-23-18(25)20(4-2,21-19(23)26)15-10-6-5-7-11-15/h5-7,10-11,16H,3-4,8-9,12-14H2,1-2H3,(H,21,26)/t16-,20+/m1/s1. The lowest BCUT2D eigenvalue weighted by atomic mass is 9.87. The maximum absolute atomic E-state index is 13.1. The molecule has 2 atom stereocenters. The second kappa shape index (κ2) is 7.48. The third-order valence-corrected chi connectivity index (χ3v) is 5.68. The van der Waals surface area contributed by atoms with Gasteiger partial charge in [0.05, 0.1) is 0 Å². The van der Waals surface area contributed by atoms with Gasteiger partial charge in [0, 0.05) is 12.6 Å². The van der Waals surface area contributed by atoms with Gasteiger partial charge in [0.1, 0.15) is 12.1 Å². The number of carbonyl (C=O) groups excluding carboxylic acids is 3. The summed E-state index contributed by atoms with van der Waals surface area (Å²) in [5.41, 5.74) is -0.329. The summed E-state index contributed by atoms with van der Waals surface area (Å²) in [6.45, 7) is 4.46. The zero-order chi connectivity index (χ0) is 18.7. The Kier molecular flexibility index (Phi) is 5.30. The molecule has 0 bridgehead atoms. The monoisotopic (exact) mass is 357 g/mol. The van der Waals surface area contributed by atoms with Crippen LogP contribution in [-0.2, 0) is 15.1 Å². The molecule has 3 rings (SSSR count). The van der Waals surface area contributed by atoms with Crippen LogP contribution in [0.3, 0.4) is 0 Å². The molecule has 0 saturated carbocycles. The molecule has 0 spiro atoms. The third-order valence-electron chi connectivity index (χ3n) is 5.68. The highest BCUT2D eigenvalue weighted by molar-refractivity contribution is 6.09. The van der Waals surface area contributed by atoms with Crippen molar-refractivity contribution < 1.29 is 14.4 Å². The van der Waals surface area contributed by atoms with Gasteiger partial charge in [0.15, 0.2) is 0 Å². The molecule has 2 aliphatic heterocycles. The minimum Gasteiger partial charge on any atom is -0.338 e. The van der Waals surface area contributed by atoms with Gasteiger partial charge in [-0.1, -0.05) is 44.2 Å². The minimum absolute atomic E-state index is 0.139. The fraction of sp³-hybridized carbons (Fsp3) is 0.550. The fourth-order valence-electron chi connectivity index (χ4n) is 4.11. The Balaban J connectivity index is 1.80. The molecular weight excluding hydrogens is 330 g/mol. The first-order chi connectivity index (χ1) is 12.5. The number of likely N-dealkylation sites (tertiary alicyclic amines) is 1. The molecule has 0 unspecified atom stereocenters. The first-order valence-corrected chi connectivity index (χ1v) is 9.52. The predicted molar refractivity (Wildman–Crippen MR) is 98.3 cm³/mol. The number of rotatable bonds is 5. The van der Waals surface area contributed by atoms with E-state index in [9.17, 15) is 14.4 Å². The predicted octanol–water partition coefficient (Wildman–Crippen LogP) is 2.63. The minimum atomic E-state index is -1.08. The number of hydrogen-bond donors (Lipinski definition) is 1. The van der Waals surface area contributed by atoms with Gasteiger partial charge in [-0.15, -0.1) is 0 Å². The fourth-order valence-corrected chi connectivity index (χ4v) is 4.11. The number of nitrogens with one attached hydrogen (secondary N) is 1. The Labute approximate surface area is 154 Å². The Hall–Kier alpha value is -2.37. The van der Waals surface area contributed by atoms with Crippen molar-refractivity contribution >= 4 is 17.8 Å². The van der Waals surface area contributed by atoms with Crippen LogP contribution in [0.5, 0.6) is 0 Å². The highest BCUT2D eigenvalue weighted by atomic mass is 16.2. The van der Waals surface area contributed by atoms with E-state index in [2.05, 4.69) is 12.2 Å². The van der Waals surface area contributed by atoms with Crippen molar-refractivity contribution in [3.05, 3.63) is 35.9 Å². The second-order valence-corrected chi connectivity index (χ2v) is 7.09. The van der Waals surface area contributed by atoms with Gasteiger partial charge >= 0.3 is 6.03 Å². The molecule has 6 nitrogen and oxygen atoms in total. The van der Waals surface area contributed by atoms with Crippen LogP contribution < -0.4 is 5.32 Å². The maximum Gasteiger partial charge on any atom is 0.325 e. The molecule has 26 heavy (non-hydrogen) atoms. The average molecular weight is 357 g/mol. The largest absolute Gasteiger partial charge is 0.338 e. The van der Waals surface area contributed by atoms with Crippen LogP contribution in [0.4, 0.5) is 4.79 Å². The average Bonchev–Trinajstić information content (AvgIpc) is 2.93. The number of hydrogen-bond acceptors (Lipinski definition) is 3. The van der Waals surface area contributed by atoms with Gasteiger partial charge < -0.3 is 10.2 Å². The summed E-state index contributed by atoms with van der Waals surface area (Å²) in [4.78, 5) is 41.4. The summed E-state index contributed by atoms with van der Waals surface area (Å²) >= 11 is 0. The number of benzene rings is 1. The van der Waals surface area contributed by atoms with E-state index < -0.39 is 11.6 Å². The van der Waals surface area contributed by atoms with Gasteiger partial charge in [-0.2, -0.15) is 0 Å². The quantitative estimate of drug-likeness (QED) is 0.824. The van der Waals surface area contributed by atoms with Crippen molar-refractivity contribution in [1.82, 2.24) is 15.1 Å². The summed E-state index contributed by atoms with van der Waals surface area (Å²) in [6, 6.07) is 8.96. The molecule has 0 aliphatic carbocycles. The third kappa shape index (κ3) is 3.08. The molecule has 2 saturated heterocycles. The highest BCUT2D eigenvalue weighted by Gasteiger charge is 2.51. The van der Waals surface area contributed by atoms with Gasteiger partial charge in [-0.25, -0.2) is 4.79 Å². The summed E-state index contributed by atoms with van der Waals surface area (Å²) in [7, 11) is 0. The molecule has 1 aromatic carbocycles. The summed E-state index contributed by atoms with van der Waals surface area (Å²) < 4.78 is 0. The van der Waals surface area contributed by atoms with Crippen LogP contribution in [-0.4, -0.2) is 46.8 Å². The van der Waals surface area contributed by atoms with Crippen molar-refractivity contribution in [2.75, 3.05) is 13.1 Å². The first kappa shape index (κ1) is 18.4. The van der Waals surface area contributed by atoms with Crippen molar-refractivity contribution in [3.63, 3.8) is 0 Å². The van der Waals surface area contributed by atoms with E-state index >= 15 is 0 Å². The SMILES string of the molecule is CC[C@@H]1CCCCN1C(=O)CN1C(=O)N[C@@](CC)(c2ccccc2)C1=O. The Bertz CT molecular complexity index is 691. The molecule has 140 valence electrons. The lowest BCUT2D eigenvalue weighted by molar-refractivity contribution is -0.141. The number of nitrogens with zero attached hydrogens (tertiary/aromatic N) is 2. The Morgan fingerprint density at radius 3 is 2.58 bits per heavy atom. The highest BCUT2D eigenvalue weighted by Crippen LogP contribution is 2.32. The van der Waals surface area contributed by atoms with Crippen LogP contribution in [0, 0.1) is 0 Å². The molecule has 2 heterocycles. The molecule has 1 N–H and O–H groups in total. The van der Waals surface area contributed by atoms with Crippen molar-refractivity contribution in [2.24, 2.45) is 0 Å². The van der Waals surface area contributed by atoms with E-state index in [1.807, 2.05) is 42.2 Å². The zero-order valence-electron chi connectivity index (χ0n) is 15.5. The van der Waals surface area contributed by atoms with Gasteiger partial charge in [-0.05, 0) is 37.7 Å². The Morgan fingerprint density at radius 2 is 1.92 bits per heavy atom. The van der Waals surface area contributed by atoms with Gasteiger partial charge in [0.2, 0.25) is 5.91 Å². The van der Waals surface area contributed by atoms with Crippen molar-refractivity contribution in [3.8, 4) is 0 Å². The summed E-state index contributed by atoms with van der Waals surface area (Å²) in [5, 5.41) is 2.83. The van der Waals surface area contributed by atoms with Crippen LogP contribution in [0.1, 0.15) is 51.5 Å². The normalized spacial score (nSPS) is 26.2. The van der Waals surface area contributed by atoms with E-state index in [4.69, 9.17) is 0 Å². The van der Waals surface area contributed by atoms with Crippen LogP contribution >= 0.6 is 0 Å².